The minimum atomic E-state index is 0.737. The van der Waals surface area contributed by atoms with Crippen molar-refractivity contribution in [2.24, 2.45) is 0 Å². The Morgan fingerprint density at radius 2 is 1.90 bits per heavy atom. The molecule has 1 aliphatic rings. The number of hydrogen-bond donors (Lipinski definition) is 1. The van der Waals surface area contributed by atoms with E-state index in [1.165, 1.54) is 18.4 Å². The summed E-state index contributed by atoms with van der Waals surface area (Å²) >= 11 is 5.26. The zero-order chi connectivity index (χ0) is 14.8. The summed E-state index contributed by atoms with van der Waals surface area (Å²) in [6, 6.07) is 9.22. The minimum absolute atomic E-state index is 0.737. The van der Waals surface area contributed by atoms with Gasteiger partial charge in [-0.25, -0.2) is 9.97 Å². The Bertz CT molecular complexity index is 636. The fourth-order valence-corrected chi connectivity index (χ4v) is 3.66. The molecule has 0 amide bonds. The second-order valence-electron chi connectivity index (χ2n) is 5.46. The van der Waals surface area contributed by atoms with Crippen LogP contribution in [0.3, 0.4) is 0 Å². The summed E-state index contributed by atoms with van der Waals surface area (Å²) in [5, 5.41) is 4.33. The maximum Gasteiger partial charge on any atom is 0.192 e. The summed E-state index contributed by atoms with van der Waals surface area (Å²) in [7, 11) is 0. The molecular weight excluding hydrogens is 346 g/mol. The molecule has 5 heteroatoms. The van der Waals surface area contributed by atoms with Gasteiger partial charge < -0.3 is 5.32 Å². The summed E-state index contributed by atoms with van der Waals surface area (Å²) < 4.78 is 1.10. The van der Waals surface area contributed by atoms with Gasteiger partial charge in [0.05, 0.1) is 0 Å². The fraction of sp³-hybridized carbons (Fsp3) is 0.375. The summed E-state index contributed by atoms with van der Waals surface area (Å²) in [5.74, 6) is 0. The second-order valence-corrected chi connectivity index (χ2v) is 7.32. The molecule has 0 radical (unpaired) electrons. The lowest BCUT2D eigenvalue weighted by Gasteiger charge is -2.08. The molecule has 110 valence electrons. The lowest BCUT2D eigenvalue weighted by Crippen LogP contribution is -2.15. The SMILES string of the molecule is Cc1cc(C)nc(Sc2ccc(CNC3CC3)cc2Br)n1. The number of nitrogens with zero attached hydrogens (tertiary/aromatic N) is 2. The monoisotopic (exact) mass is 363 g/mol. The van der Waals surface area contributed by atoms with Crippen molar-refractivity contribution in [3.05, 3.63) is 45.7 Å². The van der Waals surface area contributed by atoms with Crippen LogP contribution >= 0.6 is 27.7 Å². The number of rotatable bonds is 5. The number of halogens is 1. The number of hydrogen-bond acceptors (Lipinski definition) is 4. The van der Waals surface area contributed by atoms with Crippen molar-refractivity contribution in [2.45, 2.75) is 49.3 Å². The number of nitrogens with one attached hydrogen (secondary N) is 1. The molecule has 1 aliphatic carbocycles. The first-order valence-corrected chi connectivity index (χ1v) is 8.73. The molecule has 1 aromatic heterocycles. The Labute approximate surface area is 138 Å². The highest BCUT2D eigenvalue weighted by molar-refractivity contribution is 9.10. The van der Waals surface area contributed by atoms with Gasteiger partial charge in [0, 0.05) is 33.3 Å². The minimum Gasteiger partial charge on any atom is -0.310 e. The molecule has 0 aliphatic heterocycles. The molecule has 1 N–H and O–H groups in total. The van der Waals surface area contributed by atoms with E-state index in [1.807, 2.05) is 19.9 Å². The molecule has 21 heavy (non-hydrogen) atoms. The van der Waals surface area contributed by atoms with Gasteiger partial charge in [-0.15, -0.1) is 0 Å². The Hall–Kier alpha value is -0.910. The van der Waals surface area contributed by atoms with Crippen LogP contribution in [0, 0.1) is 13.8 Å². The maximum atomic E-state index is 4.48. The standard InChI is InChI=1S/C16H18BrN3S/c1-10-7-11(2)20-16(19-10)21-15-6-3-12(8-14(15)17)9-18-13-4-5-13/h3,6-8,13,18H,4-5,9H2,1-2H3. The largest absolute Gasteiger partial charge is 0.310 e. The molecule has 0 bridgehead atoms. The van der Waals surface area contributed by atoms with Crippen molar-refractivity contribution in [3.63, 3.8) is 0 Å². The Morgan fingerprint density at radius 3 is 2.52 bits per heavy atom. The molecule has 0 saturated heterocycles. The predicted octanol–water partition coefficient (Wildman–Crippen LogP) is 4.26. The third kappa shape index (κ3) is 4.28. The van der Waals surface area contributed by atoms with E-state index in [-0.39, 0.29) is 0 Å². The third-order valence-electron chi connectivity index (χ3n) is 3.33. The van der Waals surface area contributed by atoms with Crippen LogP contribution in [0.15, 0.2) is 38.8 Å². The number of benzene rings is 1. The van der Waals surface area contributed by atoms with Crippen molar-refractivity contribution in [2.75, 3.05) is 0 Å². The quantitative estimate of drug-likeness (QED) is 0.805. The van der Waals surface area contributed by atoms with Crippen LogP contribution in [-0.4, -0.2) is 16.0 Å². The van der Waals surface area contributed by atoms with Gasteiger partial charge >= 0.3 is 0 Å². The van der Waals surface area contributed by atoms with Gasteiger partial charge in [-0.3, -0.25) is 0 Å². The van der Waals surface area contributed by atoms with Crippen molar-refractivity contribution in [3.8, 4) is 0 Å². The maximum absolute atomic E-state index is 4.48. The topological polar surface area (TPSA) is 37.8 Å². The van der Waals surface area contributed by atoms with Crippen LogP contribution < -0.4 is 5.32 Å². The highest BCUT2D eigenvalue weighted by atomic mass is 79.9. The summed E-state index contributed by atoms with van der Waals surface area (Å²) in [6.45, 7) is 4.94. The third-order valence-corrected chi connectivity index (χ3v) is 5.19. The first kappa shape index (κ1) is 15.0. The molecule has 1 saturated carbocycles. The van der Waals surface area contributed by atoms with E-state index in [0.29, 0.717) is 0 Å². The van der Waals surface area contributed by atoms with Gasteiger partial charge in [-0.05, 0) is 78.1 Å². The Kier molecular flexibility index (Phi) is 4.62. The normalized spacial score (nSPS) is 14.4. The summed E-state index contributed by atoms with van der Waals surface area (Å²) in [6.07, 6.45) is 2.64. The molecule has 1 heterocycles. The van der Waals surface area contributed by atoms with E-state index in [2.05, 4.69) is 49.4 Å². The molecule has 0 spiro atoms. The van der Waals surface area contributed by atoms with Crippen molar-refractivity contribution in [1.29, 1.82) is 0 Å². The van der Waals surface area contributed by atoms with Gasteiger partial charge in [0.1, 0.15) is 0 Å². The van der Waals surface area contributed by atoms with Crippen molar-refractivity contribution in [1.82, 2.24) is 15.3 Å². The molecular formula is C16H18BrN3S. The van der Waals surface area contributed by atoms with E-state index >= 15 is 0 Å². The van der Waals surface area contributed by atoms with Gasteiger partial charge in [0.2, 0.25) is 0 Å². The van der Waals surface area contributed by atoms with E-state index in [0.717, 1.165) is 38.5 Å². The lowest BCUT2D eigenvalue weighted by atomic mass is 10.2. The average Bonchev–Trinajstić information content (AvgIpc) is 3.22. The summed E-state index contributed by atoms with van der Waals surface area (Å²) in [5.41, 5.74) is 3.32. The number of aromatic nitrogens is 2. The highest BCUT2D eigenvalue weighted by Crippen LogP contribution is 2.32. The van der Waals surface area contributed by atoms with Crippen LogP contribution in [0.1, 0.15) is 29.8 Å². The van der Waals surface area contributed by atoms with Crippen LogP contribution in [0.2, 0.25) is 0 Å². The predicted molar refractivity (Wildman–Crippen MR) is 89.6 cm³/mol. The first-order valence-electron chi connectivity index (χ1n) is 7.12. The van der Waals surface area contributed by atoms with Crippen molar-refractivity contribution < 1.29 is 0 Å². The van der Waals surface area contributed by atoms with Gasteiger partial charge in [-0.2, -0.15) is 0 Å². The fourth-order valence-electron chi connectivity index (χ4n) is 2.12. The van der Waals surface area contributed by atoms with E-state index < -0.39 is 0 Å². The van der Waals surface area contributed by atoms with Gasteiger partial charge in [-0.1, -0.05) is 6.07 Å². The zero-order valence-corrected chi connectivity index (χ0v) is 14.6. The molecule has 0 atom stereocenters. The molecule has 0 unspecified atom stereocenters. The first-order chi connectivity index (χ1) is 10.1. The molecule has 1 fully saturated rings. The van der Waals surface area contributed by atoms with Gasteiger partial charge in [0.15, 0.2) is 5.16 Å². The Balaban J connectivity index is 1.72. The van der Waals surface area contributed by atoms with Crippen LogP contribution in [0.4, 0.5) is 0 Å². The van der Waals surface area contributed by atoms with Gasteiger partial charge in [0.25, 0.3) is 0 Å². The molecule has 3 nitrogen and oxygen atoms in total. The smallest absolute Gasteiger partial charge is 0.192 e. The van der Waals surface area contributed by atoms with Crippen LogP contribution in [0.5, 0.6) is 0 Å². The number of aryl methyl sites for hydroxylation is 2. The highest BCUT2D eigenvalue weighted by Gasteiger charge is 2.20. The van der Waals surface area contributed by atoms with Crippen LogP contribution in [-0.2, 0) is 6.54 Å². The van der Waals surface area contributed by atoms with E-state index in [4.69, 9.17) is 0 Å². The van der Waals surface area contributed by atoms with Crippen LogP contribution in [0.25, 0.3) is 0 Å². The Morgan fingerprint density at radius 1 is 1.19 bits per heavy atom. The summed E-state index contributed by atoms with van der Waals surface area (Å²) in [4.78, 5) is 10.1. The molecule has 1 aromatic carbocycles. The van der Waals surface area contributed by atoms with E-state index in [9.17, 15) is 0 Å². The second kappa shape index (κ2) is 6.46. The average molecular weight is 364 g/mol. The molecule has 3 rings (SSSR count). The zero-order valence-electron chi connectivity index (χ0n) is 12.2. The van der Waals surface area contributed by atoms with E-state index in [1.54, 1.807) is 11.8 Å². The van der Waals surface area contributed by atoms with Crippen molar-refractivity contribution >= 4 is 27.7 Å². The lowest BCUT2D eigenvalue weighted by molar-refractivity contribution is 0.687. The molecule has 2 aromatic rings.